The summed E-state index contributed by atoms with van der Waals surface area (Å²) in [4.78, 5) is 15.7. The molecule has 0 radical (unpaired) electrons. The van der Waals surface area contributed by atoms with Crippen molar-refractivity contribution >= 4 is 17.0 Å². The Hall–Kier alpha value is -1.84. The van der Waals surface area contributed by atoms with Crippen molar-refractivity contribution < 1.29 is 9.90 Å². The largest absolute Gasteiger partial charge is 0.478 e. The van der Waals surface area contributed by atoms with Gasteiger partial charge in [-0.25, -0.2) is 9.78 Å². The van der Waals surface area contributed by atoms with Crippen molar-refractivity contribution in [1.82, 2.24) is 9.55 Å². The zero-order chi connectivity index (χ0) is 15.0. The molecule has 1 fully saturated rings. The summed E-state index contributed by atoms with van der Waals surface area (Å²) in [6, 6.07) is 5.76. The van der Waals surface area contributed by atoms with E-state index in [0.717, 1.165) is 16.9 Å². The molecule has 0 saturated heterocycles. The number of imidazole rings is 1. The van der Waals surface area contributed by atoms with Crippen LogP contribution in [0, 0.1) is 12.8 Å². The van der Waals surface area contributed by atoms with E-state index in [1.165, 1.54) is 32.1 Å². The SMILES string of the molecule is Cc1nc2cc(C(=O)O)ccc2n1C1CCCCCC1C. The number of carboxylic acid groups (broad SMARTS) is 1. The lowest BCUT2D eigenvalue weighted by Gasteiger charge is -2.25. The lowest BCUT2D eigenvalue weighted by Crippen LogP contribution is -2.17. The summed E-state index contributed by atoms with van der Waals surface area (Å²) >= 11 is 0. The molecule has 1 saturated carbocycles. The van der Waals surface area contributed by atoms with Gasteiger partial charge >= 0.3 is 5.97 Å². The van der Waals surface area contributed by atoms with Crippen molar-refractivity contribution in [3.63, 3.8) is 0 Å². The van der Waals surface area contributed by atoms with E-state index in [1.807, 2.05) is 13.0 Å². The molecule has 4 nitrogen and oxygen atoms in total. The monoisotopic (exact) mass is 286 g/mol. The fraction of sp³-hybridized carbons (Fsp3) is 0.529. The van der Waals surface area contributed by atoms with Gasteiger partial charge in [0.05, 0.1) is 16.6 Å². The summed E-state index contributed by atoms with van der Waals surface area (Å²) in [6.45, 7) is 4.35. The summed E-state index contributed by atoms with van der Waals surface area (Å²) in [5.41, 5.74) is 2.17. The van der Waals surface area contributed by atoms with E-state index in [1.54, 1.807) is 12.1 Å². The van der Waals surface area contributed by atoms with Crippen LogP contribution in [0.2, 0.25) is 0 Å². The van der Waals surface area contributed by atoms with Gasteiger partial charge < -0.3 is 9.67 Å². The van der Waals surface area contributed by atoms with Crippen molar-refractivity contribution in [2.75, 3.05) is 0 Å². The topological polar surface area (TPSA) is 55.1 Å². The van der Waals surface area contributed by atoms with Gasteiger partial charge in [0.1, 0.15) is 5.82 Å². The van der Waals surface area contributed by atoms with Gasteiger partial charge in [0, 0.05) is 6.04 Å². The molecule has 2 unspecified atom stereocenters. The lowest BCUT2D eigenvalue weighted by molar-refractivity contribution is 0.0697. The molecule has 2 aromatic rings. The molecule has 0 aliphatic heterocycles. The second-order valence-corrected chi connectivity index (χ2v) is 6.22. The Labute approximate surface area is 124 Å². The molecule has 0 amide bonds. The lowest BCUT2D eigenvalue weighted by atomic mass is 9.96. The quantitative estimate of drug-likeness (QED) is 0.842. The number of aromatic nitrogens is 2. The summed E-state index contributed by atoms with van der Waals surface area (Å²) in [5, 5.41) is 9.11. The predicted octanol–water partition coefficient (Wildman–Crippen LogP) is 4.18. The third-order valence-corrected chi connectivity index (χ3v) is 4.76. The average molecular weight is 286 g/mol. The number of hydrogen-bond acceptors (Lipinski definition) is 2. The van der Waals surface area contributed by atoms with Gasteiger partial charge in [-0.2, -0.15) is 0 Å². The second kappa shape index (κ2) is 5.51. The van der Waals surface area contributed by atoms with Crippen molar-refractivity contribution in [2.45, 2.75) is 52.0 Å². The Kier molecular flexibility index (Phi) is 3.70. The van der Waals surface area contributed by atoms with E-state index in [4.69, 9.17) is 5.11 Å². The number of rotatable bonds is 2. The average Bonchev–Trinajstić information content (AvgIpc) is 2.62. The van der Waals surface area contributed by atoms with E-state index in [0.29, 0.717) is 17.5 Å². The predicted molar refractivity (Wildman–Crippen MR) is 82.7 cm³/mol. The maximum absolute atomic E-state index is 11.1. The summed E-state index contributed by atoms with van der Waals surface area (Å²) in [6.07, 6.45) is 6.34. The fourth-order valence-electron chi connectivity index (χ4n) is 3.63. The Morgan fingerprint density at radius 1 is 1.29 bits per heavy atom. The van der Waals surface area contributed by atoms with Crippen LogP contribution in [0.5, 0.6) is 0 Å². The highest BCUT2D eigenvalue weighted by Crippen LogP contribution is 2.35. The first-order chi connectivity index (χ1) is 10.1. The van der Waals surface area contributed by atoms with Crippen LogP contribution in [-0.2, 0) is 0 Å². The van der Waals surface area contributed by atoms with Crippen molar-refractivity contribution in [1.29, 1.82) is 0 Å². The number of fused-ring (bicyclic) bond motifs is 1. The third-order valence-electron chi connectivity index (χ3n) is 4.76. The van der Waals surface area contributed by atoms with E-state index >= 15 is 0 Å². The normalized spacial score (nSPS) is 23.1. The molecule has 1 aliphatic rings. The van der Waals surface area contributed by atoms with Crippen molar-refractivity contribution in [3.8, 4) is 0 Å². The molecule has 2 atom stereocenters. The van der Waals surface area contributed by atoms with E-state index in [9.17, 15) is 4.79 Å². The Balaban J connectivity index is 2.09. The molecular formula is C17H22N2O2. The van der Waals surface area contributed by atoms with Gasteiger partial charge in [-0.15, -0.1) is 0 Å². The van der Waals surface area contributed by atoms with E-state index in [2.05, 4.69) is 16.5 Å². The number of carbonyl (C=O) groups is 1. The van der Waals surface area contributed by atoms with Gasteiger partial charge in [0.15, 0.2) is 0 Å². The standard InChI is InChI=1S/C17H22N2O2/c1-11-6-4-3-5-7-15(11)19-12(2)18-14-10-13(17(20)21)8-9-16(14)19/h8-11,15H,3-7H2,1-2H3,(H,20,21). The molecule has 1 aromatic carbocycles. The highest BCUT2D eigenvalue weighted by atomic mass is 16.4. The number of benzene rings is 1. The maximum Gasteiger partial charge on any atom is 0.335 e. The van der Waals surface area contributed by atoms with Crippen LogP contribution in [0.25, 0.3) is 11.0 Å². The Morgan fingerprint density at radius 2 is 2.05 bits per heavy atom. The number of nitrogens with zero attached hydrogens (tertiary/aromatic N) is 2. The summed E-state index contributed by atoms with van der Waals surface area (Å²) in [7, 11) is 0. The van der Waals surface area contributed by atoms with E-state index in [-0.39, 0.29) is 0 Å². The van der Waals surface area contributed by atoms with Crippen LogP contribution in [-0.4, -0.2) is 20.6 Å². The molecule has 4 heteroatoms. The number of carboxylic acids is 1. The Bertz CT molecular complexity index is 675. The third kappa shape index (κ3) is 2.55. The second-order valence-electron chi connectivity index (χ2n) is 6.22. The summed E-state index contributed by atoms with van der Waals surface area (Å²) < 4.78 is 2.33. The first-order valence-electron chi connectivity index (χ1n) is 7.80. The highest BCUT2D eigenvalue weighted by Gasteiger charge is 2.24. The minimum Gasteiger partial charge on any atom is -0.478 e. The van der Waals surface area contributed by atoms with Crippen LogP contribution in [0.1, 0.15) is 61.3 Å². The zero-order valence-corrected chi connectivity index (χ0v) is 12.7. The molecule has 0 bridgehead atoms. The van der Waals surface area contributed by atoms with Crippen molar-refractivity contribution in [3.05, 3.63) is 29.6 Å². The molecule has 3 rings (SSSR count). The first-order valence-corrected chi connectivity index (χ1v) is 7.80. The maximum atomic E-state index is 11.1. The van der Waals surface area contributed by atoms with Crippen LogP contribution in [0.15, 0.2) is 18.2 Å². The summed E-state index contributed by atoms with van der Waals surface area (Å²) in [5.74, 6) is 0.737. The molecule has 1 aromatic heterocycles. The number of aryl methyl sites for hydroxylation is 1. The molecule has 0 spiro atoms. The first kappa shape index (κ1) is 14.1. The molecule has 1 heterocycles. The van der Waals surface area contributed by atoms with Gasteiger partial charge in [0.25, 0.3) is 0 Å². The van der Waals surface area contributed by atoms with Crippen LogP contribution in [0.4, 0.5) is 0 Å². The molecule has 1 aliphatic carbocycles. The van der Waals surface area contributed by atoms with Gasteiger partial charge in [-0.1, -0.05) is 26.2 Å². The Morgan fingerprint density at radius 3 is 2.81 bits per heavy atom. The van der Waals surface area contributed by atoms with Gasteiger partial charge in [-0.3, -0.25) is 0 Å². The fourth-order valence-corrected chi connectivity index (χ4v) is 3.63. The smallest absolute Gasteiger partial charge is 0.335 e. The molecular weight excluding hydrogens is 264 g/mol. The molecule has 21 heavy (non-hydrogen) atoms. The minimum atomic E-state index is -0.896. The number of hydrogen-bond donors (Lipinski definition) is 1. The van der Waals surface area contributed by atoms with Crippen LogP contribution in [0.3, 0.4) is 0 Å². The molecule has 1 N–H and O–H groups in total. The van der Waals surface area contributed by atoms with Crippen LogP contribution >= 0.6 is 0 Å². The van der Waals surface area contributed by atoms with Gasteiger partial charge in [-0.05, 0) is 43.9 Å². The van der Waals surface area contributed by atoms with E-state index < -0.39 is 5.97 Å². The highest BCUT2D eigenvalue weighted by molar-refractivity contribution is 5.92. The number of aromatic carboxylic acids is 1. The van der Waals surface area contributed by atoms with Crippen molar-refractivity contribution in [2.24, 2.45) is 5.92 Å². The van der Waals surface area contributed by atoms with Gasteiger partial charge in [0.2, 0.25) is 0 Å². The molecule has 112 valence electrons. The van der Waals surface area contributed by atoms with Crippen LogP contribution < -0.4 is 0 Å². The zero-order valence-electron chi connectivity index (χ0n) is 12.7. The minimum absolute atomic E-state index is 0.307.